The van der Waals surface area contributed by atoms with E-state index < -0.39 is 0 Å². The van der Waals surface area contributed by atoms with Crippen molar-refractivity contribution in [3.8, 4) is 17.2 Å². The van der Waals surface area contributed by atoms with Gasteiger partial charge in [-0.05, 0) is 37.1 Å². The second kappa shape index (κ2) is 8.42. The summed E-state index contributed by atoms with van der Waals surface area (Å²) in [6, 6.07) is 11.4. The number of rotatable bonds is 7. The van der Waals surface area contributed by atoms with Crippen molar-refractivity contribution in [2.75, 3.05) is 27.9 Å². The van der Waals surface area contributed by atoms with E-state index in [4.69, 9.17) is 14.2 Å². The summed E-state index contributed by atoms with van der Waals surface area (Å²) < 4.78 is 16.0. The molecule has 0 aliphatic rings. The van der Waals surface area contributed by atoms with E-state index in [2.05, 4.69) is 0 Å². The van der Waals surface area contributed by atoms with Crippen LogP contribution in [0.4, 0.5) is 0 Å². The minimum absolute atomic E-state index is 0.0787. The van der Waals surface area contributed by atoms with Crippen LogP contribution in [0.1, 0.15) is 28.4 Å². The summed E-state index contributed by atoms with van der Waals surface area (Å²) in [6.07, 6.45) is 0. The van der Waals surface area contributed by atoms with Crippen molar-refractivity contribution in [1.29, 1.82) is 0 Å². The van der Waals surface area contributed by atoms with Crippen molar-refractivity contribution >= 4 is 5.91 Å². The van der Waals surface area contributed by atoms with Gasteiger partial charge in [-0.2, -0.15) is 0 Å². The average molecular weight is 343 g/mol. The molecule has 0 bridgehead atoms. The molecule has 134 valence electrons. The molecule has 2 aromatic rings. The summed E-state index contributed by atoms with van der Waals surface area (Å²) >= 11 is 0. The number of carbonyl (C=O) groups is 1. The Balaban J connectivity index is 2.35. The van der Waals surface area contributed by atoms with Gasteiger partial charge in [0.1, 0.15) is 0 Å². The number of carbonyl (C=O) groups excluding carboxylic acids is 1. The zero-order valence-electron chi connectivity index (χ0n) is 15.5. The predicted molar refractivity (Wildman–Crippen MR) is 97.7 cm³/mol. The zero-order chi connectivity index (χ0) is 18.4. The first-order chi connectivity index (χ1) is 12.0. The SMILES string of the molecule is CCN(Cc1ccccc1C)C(=O)c1cc(OC)c(OC)c(OC)c1. The maximum Gasteiger partial charge on any atom is 0.254 e. The molecule has 25 heavy (non-hydrogen) atoms. The van der Waals surface area contributed by atoms with Crippen LogP contribution in [0.5, 0.6) is 17.2 Å². The van der Waals surface area contributed by atoms with Crippen LogP contribution in [0, 0.1) is 6.92 Å². The highest BCUT2D eigenvalue weighted by molar-refractivity contribution is 5.95. The van der Waals surface area contributed by atoms with Gasteiger partial charge in [0.2, 0.25) is 5.75 Å². The number of methoxy groups -OCH3 is 3. The van der Waals surface area contributed by atoms with Crippen LogP contribution in [-0.2, 0) is 6.54 Å². The highest BCUT2D eigenvalue weighted by Gasteiger charge is 2.21. The Morgan fingerprint density at radius 3 is 2.08 bits per heavy atom. The molecule has 0 saturated carbocycles. The Hall–Kier alpha value is -2.69. The van der Waals surface area contributed by atoms with Gasteiger partial charge < -0.3 is 19.1 Å². The summed E-state index contributed by atoms with van der Waals surface area (Å²) in [6.45, 7) is 5.17. The molecule has 5 nitrogen and oxygen atoms in total. The molecule has 0 atom stereocenters. The molecule has 0 saturated heterocycles. The Labute approximate surface area is 149 Å². The molecule has 0 aromatic heterocycles. The summed E-state index contributed by atoms with van der Waals surface area (Å²) in [5, 5.41) is 0. The van der Waals surface area contributed by atoms with Crippen LogP contribution in [0.15, 0.2) is 36.4 Å². The molecule has 2 aromatic carbocycles. The monoisotopic (exact) mass is 343 g/mol. The lowest BCUT2D eigenvalue weighted by Crippen LogP contribution is -2.30. The first-order valence-electron chi connectivity index (χ1n) is 8.19. The molecule has 2 rings (SSSR count). The highest BCUT2D eigenvalue weighted by Crippen LogP contribution is 2.38. The van der Waals surface area contributed by atoms with Crippen molar-refractivity contribution < 1.29 is 19.0 Å². The van der Waals surface area contributed by atoms with Crippen molar-refractivity contribution in [3.63, 3.8) is 0 Å². The predicted octanol–water partition coefficient (Wildman–Crippen LogP) is 3.68. The van der Waals surface area contributed by atoms with Gasteiger partial charge in [0, 0.05) is 18.7 Å². The Bertz CT molecular complexity index is 717. The standard InChI is InChI=1S/C20H25NO4/c1-6-21(13-15-10-8-7-9-14(15)2)20(22)16-11-17(23-3)19(25-5)18(12-16)24-4/h7-12H,6,13H2,1-5H3. The molecule has 5 heteroatoms. The second-order valence-electron chi connectivity index (χ2n) is 5.66. The number of amides is 1. The summed E-state index contributed by atoms with van der Waals surface area (Å²) in [5.74, 6) is 1.34. The molecular weight excluding hydrogens is 318 g/mol. The molecular formula is C20H25NO4. The third-order valence-electron chi connectivity index (χ3n) is 4.20. The van der Waals surface area contributed by atoms with Gasteiger partial charge in [0.25, 0.3) is 5.91 Å². The Morgan fingerprint density at radius 2 is 1.60 bits per heavy atom. The van der Waals surface area contributed by atoms with E-state index in [1.807, 2.05) is 38.1 Å². The van der Waals surface area contributed by atoms with Crippen molar-refractivity contribution in [2.24, 2.45) is 0 Å². The van der Waals surface area contributed by atoms with Gasteiger partial charge >= 0.3 is 0 Å². The summed E-state index contributed by atoms with van der Waals surface area (Å²) in [5.41, 5.74) is 2.80. The maximum absolute atomic E-state index is 13.0. The second-order valence-corrected chi connectivity index (χ2v) is 5.66. The highest BCUT2D eigenvalue weighted by atomic mass is 16.5. The minimum Gasteiger partial charge on any atom is -0.493 e. The van der Waals surface area contributed by atoms with Crippen LogP contribution in [-0.4, -0.2) is 38.7 Å². The lowest BCUT2D eigenvalue weighted by Gasteiger charge is -2.23. The van der Waals surface area contributed by atoms with E-state index in [0.717, 1.165) is 5.56 Å². The van der Waals surface area contributed by atoms with Crippen molar-refractivity contribution in [2.45, 2.75) is 20.4 Å². The molecule has 0 N–H and O–H groups in total. The lowest BCUT2D eigenvalue weighted by molar-refractivity contribution is 0.0751. The van der Waals surface area contributed by atoms with Crippen LogP contribution < -0.4 is 14.2 Å². The van der Waals surface area contributed by atoms with Crippen LogP contribution in [0.2, 0.25) is 0 Å². The number of aryl methyl sites for hydroxylation is 1. The van der Waals surface area contributed by atoms with E-state index in [9.17, 15) is 4.79 Å². The van der Waals surface area contributed by atoms with Gasteiger partial charge in [-0.3, -0.25) is 4.79 Å². The van der Waals surface area contributed by atoms with Crippen LogP contribution in [0.3, 0.4) is 0 Å². The summed E-state index contributed by atoms with van der Waals surface area (Å²) in [4.78, 5) is 14.8. The Morgan fingerprint density at radius 1 is 1.00 bits per heavy atom. The van der Waals surface area contributed by atoms with Gasteiger partial charge in [-0.25, -0.2) is 0 Å². The summed E-state index contributed by atoms with van der Waals surface area (Å²) in [7, 11) is 4.62. The fourth-order valence-electron chi connectivity index (χ4n) is 2.71. The van der Waals surface area contributed by atoms with Crippen LogP contribution >= 0.6 is 0 Å². The van der Waals surface area contributed by atoms with Crippen LogP contribution in [0.25, 0.3) is 0 Å². The molecule has 0 unspecified atom stereocenters. The van der Waals surface area contributed by atoms with E-state index in [-0.39, 0.29) is 5.91 Å². The zero-order valence-corrected chi connectivity index (χ0v) is 15.5. The van der Waals surface area contributed by atoms with Gasteiger partial charge in [0.15, 0.2) is 11.5 Å². The average Bonchev–Trinajstić information content (AvgIpc) is 2.65. The fourth-order valence-corrected chi connectivity index (χ4v) is 2.71. The number of nitrogens with zero attached hydrogens (tertiary/aromatic N) is 1. The largest absolute Gasteiger partial charge is 0.493 e. The van der Waals surface area contributed by atoms with Crippen molar-refractivity contribution in [3.05, 3.63) is 53.1 Å². The number of ether oxygens (including phenoxy) is 3. The van der Waals surface area contributed by atoms with Gasteiger partial charge in [0.05, 0.1) is 21.3 Å². The molecule has 0 heterocycles. The van der Waals surface area contributed by atoms with E-state index >= 15 is 0 Å². The van der Waals surface area contributed by atoms with Crippen molar-refractivity contribution in [1.82, 2.24) is 4.90 Å². The molecule has 1 amide bonds. The number of hydrogen-bond acceptors (Lipinski definition) is 4. The molecule has 0 aliphatic carbocycles. The lowest BCUT2D eigenvalue weighted by atomic mass is 10.1. The number of benzene rings is 2. The first kappa shape index (κ1) is 18.6. The first-order valence-corrected chi connectivity index (χ1v) is 8.19. The molecule has 0 aliphatic heterocycles. The maximum atomic E-state index is 13.0. The normalized spacial score (nSPS) is 10.3. The third-order valence-corrected chi connectivity index (χ3v) is 4.20. The minimum atomic E-state index is -0.0787. The molecule has 0 fully saturated rings. The topological polar surface area (TPSA) is 48.0 Å². The smallest absolute Gasteiger partial charge is 0.254 e. The van der Waals surface area contributed by atoms with Gasteiger partial charge in [-0.15, -0.1) is 0 Å². The van der Waals surface area contributed by atoms with E-state index in [1.54, 1.807) is 24.1 Å². The van der Waals surface area contributed by atoms with E-state index in [1.165, 1.54) is 19.8 Å². The fraction of sp³-hybridized carbons (Fsp3) is 0.350. The molecule has 0 radical (unpaired) electrons. The Kier molecular flexibility index (Phi) is 6.28. The van der Waals surface area contributed by atoms with Gasteiger partial charge in [-0.1, -0.05) is 24.3 Å². The third kappa shape index (κ3) is 4.05. The number of hydrogen-bond donors (Lipinski definition) is 0. The quantitative estimate of drug-likeness (QED) is 0.769. The van der Waals surface area contributed by atoms with E-state index in [0.29, 0.717) is 35.9 Å². The molecule has 0 spiro atoms.